The van der Waals surface area contributed by atoms with E-state index in [2.05, 4.69) is 38.5 Å². The highest BCUT2D eigenvalue weighted by Crippen LogP contribution is 2.27. The molecule has 4 aromatic rings. The molecule has 0 radical (unpaired) electrons. The Balaban J connectivity index is 1.41. The van der Waals surface area contributed by atoms with Crippen LogP contribution in [0.15, 0.2) is 55.0 Å². The maximum Gasteiger partial charge on any atom is 0.233 e. The van der Waals surface area contributed by atoms with Crippen molar-refractivity contribution >= 4 is 44.2 Å². The summed E-state index contributed by atoms with van der Waals surface area (Å²) in [6, 6.07) is 13.9. The molecule has 12 heteroatoms. The smallest absolute Gasteiger partial charge is 0.233 e. The van der Waals surface area contributed by atoms with Gasteiger partial charge in [0.15, 0.2) is 0 Å². The first-order chi connectivity index (χ1) is 18.2. The number of hydrogen-bond acceptors (Lipinski definition) is 9. The average molecular weight is 532 g/mol. The van der Waals surface area contributed by atoms with Gasteiger partial charge in [0.25, 0.3) is 0 Å². The summed E-state index contributed by atoms with van der Waals surface area (Å²) in [7, 11) is -1.97. The van der Waals surface area contributed by atoms with E-state index >= 15 is 0 Å². The molecule has 1 aliphatic rings. The van der Waals surface area contributed by atoms with E-state index in [1.807, 2.05) is 41.1 Å². The van der Waals surface area contributed by atoms with Gasteiger partial charge in [0.2, 0.25) is 16.0 Å². The van der Waals surface area contributed by atoms with Crippen LogP contribution in [0, 0.1) is 11.3 Å². The van der Waals surface area contributed by atoms with E-state index in [-0.39, 0.29) is 0 Å². The maximum atomic E-state index is 12.1. The number of benzene rings is 1. The Labute approximate surface area is 221 Å². The van der Waals surface area contributed by atoms with Crippen molar-refractivity contribution in [3.63, 3.8) is 0 Å². The number of sulfonamides is 1. The second-order valence-corrected chi connectivity index (χ2v) is 11.4. The van der Waals surface area contributed by atoms with Gasteiger partial charge in [-0.2, -0.15) is 10.2 Å². The molecule has 1 aromatic carbocycles. The Bertz CT molecular complexity index is 1630. The molecule has 4 heterocycles. The van der Waals surface area contributed by atoms with Gasteiger partial charge in [0.05, 0.1) is 24.1 Å². The fraction of sp³-hybridized carbons (Fsp3) is 0.308. The molecule has 38 heavy (non-hydrogen) atoms. The fourth-order valence-electron chi connectivity index (χ4n) is 4.60. The third kappa shape index (κ3) is 5.25. The summed E-state index contributed by atoms with van der Waals surface area (Å²) in [5.41, 5.74) is 3.65. The number of fused-ring (bicyclic) bond motifs is 1. The van der Waals surface area contributed by atoms with Gasteiger partial charge in [0, 0.05) is 68.0 Å². The topological polar surface area (TPSA) is 132 Å². The Morgan fingerprint density at radius 3 is 2.87 bits per heavy atom. The van der Waals surface area contributed by atoms with Crippen molar-refractivity contribution in [2.75, 3.05) is 47.5 Å². The number of nitriles is 1. The molecule has 5 rings (SSSR count). The van der Waals surface area contributed by atoms with Crippen molar-refractivity contribution in [1.29, 1.82) is 5.26 Å². The summed E-state index contributed by atoms with van der Waals surface area (Å²) < 4.78 is 27.3. The molecule has 11 nitrogen and oxygen atoms in total. The van der Waals surface area contributed by atoms with Crippen LogP contribution in [0.4, 0.5) is 23.1 Å². The fourth-order valence-corrected chi connectivity index (χ4v) is 5.07. The Kier molecular flexibility index (Phi) is 6.88. The van der Waals surface area contributed by atoms with Crippen LogP contribution in [0.5, 0.6) is 0 Å². The molecular formula is C26H29N9O2S. The SMILES string of the molecule is CC1CN(c2ccc(Nc3ncc4ccn(Cc5cccnc5N(C)S(C)(=O)=O)c4n3)cc2C#N)CCN1. The van der Waals surface area contributed by atoms with Crippen molar-refractivity contribution < 1.29 is 8.42 Å². The third-order valence-corrected chi connectivity index (χ3v) is 7.76. The number of pyridine rings is 1. The van der Waals surface area contributed by atoms with E-state index in [9.17, 15) is 13.7 Å². The molecule has 1 aliphatic heterocycles. The van der Waals surface area contributed by atoms with E-state index in [4.69, 9.17) is 4.98 Å². The number of nitrogens with one attached hydrogen (secondary N) is 2. The molecule has 0 aliphatic carbocycles. The first-order valence-corrected chi connectivity index (χ1v) is 14.1. The third-order valence-electron chi connectivity index (χ3n) is 6.59. The zero-order chi connectivity index (χ0) is 26.9. The summed E-state index contributed by atoms with van der Waals surface area (Å²) in [4.78, 5) is 15.7. The van der Waals surface area contributed by atoms with Crippen LogP contribution in [-0.2, 0) is 16.6 Å². The predicted octanol–water partition coefficient (Wildman–Crippen LogP) is 2.68. The normalized spacial score (nSPS) is 15.8. The van der Waals surface area contributed by atoms with Crippen molar-refractivity contribution in [1.82, 2.24) is 24.8 Å². The highest BCUT2D eigenvalue weighted by Gasteiger charge is 2.20. The number of anilines is 4. The monoisotopic (exact) mass is 531 g/mol. The molecule has 1 fully saturated rings. The molecule has 1 atom stereocenters. The van der Waals surface area contributed by atoms with Gasteiger partial charge >= 0.3 is 0 Å². The molecule has 1 unspecified atom stereocenters. The van der Waals surface area contributed by atoms with Crippen molar-refractivity contribution in [2.45, 2.75) is 19.5 Å². The molecule has 0 saturated carbocycles. The lowest BCUT2D eigenvalue weighted by molar-refractivity contribution is 0.484. The van der Waals surface area contributed by atoms with Crippen LogP contribution in [0.2, 0.25) is 0 Å². The van der Waals surface area contributed by atoms with Crippen LogP contribution in [-0.4, -0.2) is 66.9 Å². The summed E-state index contributed by atoms with van der Waals surface area (Å²) in [6.45, 7) is 5.08. The molecule has 0 amide bonds. The molecule has 1 saturated heterocycles. The number of aromatic nitrogens is 4. The lowest BCUT2D eigenvalue weighted by Gasteiger charge is -2.34. The summed E-state index contributed by atoms with van der Waals surface area (Å²) in [5, 5.41) is 17.3. The summed E-state index contributed by atoms with van der Waals surface area (Å²) >= 11 is 0. The minimum atomic E-state index is -3.46. The van der Waals surface area contributed by atoms with E-state index in [1.54, 1.807) is 18.5 Å². The minimum absolute atomic E-state index is 0.360. The molecule has 0 spiro atoms. The zero-order valence-electron chi connectivity index (χ0n) is 21.5. The number of piperazine rings is 1. The van der Waals surface area contributed by atoms with Crippen LogP contribution in [0.3, 0.4) is 0 Å². The number of hydrogen-bond donors (Lipinski definition) is 2. The summed E-state index contributed by atoms with van der Waals surface area (Å²) in [6.07, 6.45) is 6.34. The van der Waals surface area contributed by atoms with Crippen molar-refractivity contribution in [3.8, 4) is 6.07 Å². The van der Waals surface area contributed by atoms with Crippen LogP contribution in [0.25, 0.3) is 11.0 Å². The van der Waals surface area contributed by atoms with E-state index in [1.165, 1.54) is 11.4 Å². The summed E-state index contributed by atoms with van der Waals surface area (Å²) in [5.74, 6) is 0.761. The maximum absolute atomic E-state index is 12.1. The highest BCUT2D eigenvalue weighted by atomic mass is 32.2. The van der Waals surface area contributed by atoms with Gasteiger partial charge in [-0.05, 0) is 37.3 Å². The van der Waals surface area contributed by atoms with E-state index in [0.717, 1.165) is 48.2 Å². The lowest BCUT2D eigenvalue weighted by Crippen LogP contribution is -2.49. The second kappa shape index (κ2) is 10.3. The largest absolute Gasteiger partial charge is 0.368 e. The molecule has 196 valence electrons. The van der Waals surface area contributed by atoms with Crippen LogP contribution < -0.4 is 19.8 Å². The first kappa shape index (κ1) is 25.4. The first-order valence-electron chi connectivity index (χ1n) is 12.2. The van der Waals surface area contributed by atoms with Gasteiger partial charge in [-0.25, -0.2) is 18.4 Å². The van der Waals surface area contributed by atoms with Crippen molar-refractivity contribution in [3.05, 3.63) is 66.1 Å². The Morgan fingerprint density at radius 1 is 1.26 bits per heavy atom. The van der Waals surface area contributed by atoms with Crippen LogP contribution in [0.1, 0.15) is 18.1 Å². The predicted molar refractivity (Wildman–Crippen MR) is 148 cm³/mol. The Hall–Kier alpha value is -4.21. The molecule has 0 bridgehead atoms. The number of rotatable bonds is 7. The second-order valence-electron chi connectivity index (χ2n) is 9.40. The Morgan fingerprint density at radius 2 is 2.11 bits per heavy atom. The van der Waals surface area contributed by atoms with Gasteiger partial charge in [0.1, 0.15) is 17.5 Å². The zero-order valence-corrected chi connectivity index (χ0v) is 22.3. The van der Waals surface area contributed by atoms with E-state index in [0.29, 0.717) is 35.6 Å². The van der Waals surface area contributed by atoms with Gasteiger partial charge in [-0.1, -0.05) is 6.07 Å². The van der Waals surface area contributed by atoms with Crippen molar-refractivity contribution in [2.24, 2.45) is 0 Å². The standard InChI is InChI=1S/C26H29N9O2S/c1-18-16-34(12-10-28-18)23-7-6-22(13-21(23)14-27)31-26-30-15-19-8-11-35(25(19)32-26)17-20-5-4-9-29-24(20)33(2)38(3,36)37/h4-9,11,13,15,18,28H,10,12,16-17H2,1-3H3,(H,30,31,32). The molecule has 3 aromatic heterocycles. The van der Waals surface area contributed by atoms with Gasteiger partial charge in [-0.3, -0.25) is 4.31 Å². The number of nitrogens with zero attached hydrogens (tertiary/aromatic N) is 7. The van der Waals surface area contributed by atoms with E-state index < -0.39 is 10.0 Å². The molecule has 2 N–H and O–H groups in total. The average Bonchev–Trinajstić information content (AvgIpc) is 3.30. The quantitative estimate of drug-likeness (QED) is 0.369. The highest BCUT2D eigenvalue weighted by molar-refractivity contribution is 7.92. The van der Waals surface area contributed by atoms with Crippen LogP contribution >= 0.6 is 0 Å². The lowest BCUT2D eigenvalue weighted by atomic mass is 10.1. The minimum Gasteiger partial charge on any atom is -0.368 e. The molecular weight excluding hydrogens is 502 g/mol. The van der Waals surface area contributed by atoms with Gasteiger partial charge in [-0.15, -0.1) is 0 Å². The van der Waals surface area contributed by atoms with Gasteiger partial charge < -0.3 is 20.1 Å².